The molecule has 1 aliphatic heterocycles. The lowest BCUT2D eigenvalue weighted by Crippen LogP contribution is -2.51. The number of hydrogen-bond donors (Lipinski definition) is 2. The largest absolute Gasteiger partial charge is 0.322 e. The Hall–Kier alpha value is -1.24. The molecular formula is C13H18ClF2N3O. The van der Waals surface area contributed by atoms with E-state index in [1.165, 1.54) is 0 Å². The van der Waals surface area contributed by atoms with Gasteiger partial charge < -0.3 is 10.6 Å². The fraction of sp³-hybridized carbons (Fsp3) is 0.462. The summed E-state index contributed by atoms with van der Waals surface area (Å²) in [5, 5.41) is 5.67. The van der Waals surface area contributed by atoms with Gasteiger partial charge >= 0.3 is 0 Å². The maximum absolute atomic E-state index is 13.4. The number of halogens is 3. The van der Waals surface area contributed by atoms with Gasteiger partial charge in [-0.1, -0.05) is 0 Å². The second kappa shape index (κ2) is 7.52. The lowest BCUT2D eigenvalue weighted by molar-refractivity contribution is -0.117. The Kier molecular flexibility index (Phi) is 6.32. The van der Waals surface area contributed by atoms with E-state index in [-0.39, 0.29) is 30.5 Å². The number of carbonyl (C=O) groups excluding carboxylic acids is 1. The normalized spacial score (nSPS) is 19.2. The first kappa shape index (κ1) is 16.8. The van der Waals surface area contributed by atoms with Crippen LogP contribution in [0.3, 0.4) is 0 Å². The summed E-state index contributed by atoms with van der Waals surface area (Å²) in [5.41, 5.74) is -0.117. The summed E-state index contributed by atoms with van der Waals surface area (Å²) >= 11 is 0. The molecule has 1 amide bonds. The maximum atomic E-state index is 13.4. The molecule has 0 aliphatic carbocycles. The smallest absolute Gasteiger partial charge is 0.238 e. The van der Waals surface area contributed by atoms with Crippen LogP contribution in [0.1, 0.15) is 6.92 Å². The van der Waals surface area contributed by atoms with Crippen LogP contribution < -0.4 is 10.6 Å². The molecule has 7 heteroatoms. The number of piperazine rings is 1. The molecule has 0 aromatic heterocycles. The van der Waals surface area contributed by atoms with Crippen LogP contribution in [-0.4, -0.2) is 43.0 Å². The van der Waals surface area contributed by atoms with E-state index in [1.54, 1.807) is 0 Å². The molecule has 1 heterocycles. The van der Waals surface area contributed by atoms with Gasteiger partial charge in [-0.05, 0) is 19.1 Å². The molecule has 20 heavy (non-hydrogen) atoms. The molecule has 2 rings (SSSR count). The maximum Gasteiger partial charge on any atom is 0.238 e. The van der Waals surface area contributed by atoms with Gasteiger partial charge in [0.05, 0.1) is 12.2 Å². The highest BCUT2D eigenvalue weighted by molar-refractivity contribution is 5.92. The van der Waals surface area contributed by atoms with Gasteiger partial charge in [0.25, 0.3) is 0 Å². The van der Waals surface area contributed by atoms with Crippen LogP contribution in [0.15, 0.2) is 18.2 Å². The van der Waals surface area contributed by atoms with E-state index in [1.807, 2.05) is 11.8 Å². The van der Waals surface area contributed by atoms with Crippen molar-refractivity contribution in [1.29, 1.82) is 0 Å². The number of rotatable bonds is 3. The monoisotopic (exact) mass is 305 g/mol. The number of nitrogens with zero attached hydrogens (tertiary/aromatic N) is 1. The van der Waals surface area contributed by atoms with Gasteiger partial charge in [0.1, 0.15) is 11.6 Å². The molecule has 4 nitrogen and oxygen atoms in total. The quantitative estimate of drug-likeness (QED) is 0.892. The number of anilines is 1. The van der Waals surface area contributed by atoms with Gasteiger partial charge in [-0.3, -0.25) is 9.69 Å². The average Bonchev–Trinajstić information content (AvgIpc) is 2.34. The standard InChI is InChI=1S/C13H17F2N3O.ClH/c1-9-7-18(5-4-16-9)8-13(19)17-12-6-10(14)2-3-11(12)15;/h2-3,6,9,16H,4-5,7-8H2,1H3,(H,17,19);1H. The van der Waals surface area contributed by atoms with E-state index in [9.17, 15) is 13.6 Å². The average molecular weight is 306 g/mol. The van der Waals surface area contributed by atoms with Crippen molar-refractivity contribution in [2.45, 2.75) is 13.0 Å². The zero-order chi connectivity index (χ0) is 13.8. The lowest BCUT2D eigenvalue weighted by Gasteiger charge is -2.31. The summed E-state index contributed by atoms with van der Waals surface area (Å²) in [4.78, 5) is 13.8. The predicted molar refractivity (Wildman–Crippen MR) is 76.1 cm³/mol. The lowest BCUT2D eigenvalue weighted by atomic mass is 10.2. The first-order valence-electron chi connectivity index (χ1n) is 6.25. The summed E-state index contributed by atoms with van der Waals surface area (Å²) in [5.74, 6) is -1.55. The third kappa shape index (κ3) is 4.70. The number of carbonyl (C=O) groups is 1. The highest BCUT2D eigenvalue weighted by Gasteiger charge is 2.18. The van der Waals surface area contributed by atoms with Gasteiger partial charge in [-0.15, -0.1) is 12.4 Å². The van der Waals surface area contributed by atoms with E-state index >= 15 is 0 Å². The second-order valence-electron chi connectivity index (χ2n) is 4.76. The molecule has 112 valence electrons. The van der Waals surface area contributed by atoms with Crippen molar-refractivity contribution < 1.29 is 13.6 Å². The molecule has 1 aliphatic rings. The van der Waals surface area contributed by atoms with Crippen LogP contribution in [-0.2, 0) is 4.79 Å². The van der Waals surface area contributed by atoms with Crippen LogP contribution in [0.2, 0.25) is 0 Å². The molecule has 1 fully saturated rings. The minimum absolute atomic E-state index is 0. The molecule has 0 saturated carbocycles. The van der Waals surface area contributed by atoms with Crippen molar-refractivity contribution in [2.24, 2.45) is 0 Å². The molecule has 1 saturated heterocycles. The Balaban J connectivity index is 0.00000200. The molecule has 0 spiro atoms. The van der Waals surface area contributed by atoms with E-state index in [4.69, 9.17) is 0 Å². The van der Waals surface area contributed by atoms with Crippen molar-refractivity contribution in [1.82, 2.24) is 10.2 Å². The predicted octanol–water partition coefficient (Wildman–Crippen LogP) is 1.62. The fourth-order valence-electron chi connectivity index (χ4n) is 2.14. The Bertz CT molecular complexity index is 473. The molecule has 1 unspecified atom stereocenters. The summed E-state index contributed by atoms with van der Waals surface area (Å²) in [6.07, 6.45) is 0. The van der Waals surface area contributed by atoms with Crippen molar-refractivity contribution in [3.63, 3.8) is 0 Å². The minimum atomic E-state index is -0.636. The summed E-state index contributed by atoms with van der Waals surface area (Å²) in [6.45, 7) is 4.57. The van der Waals surface area contributed by atoms with Gasteiger partial charge in [-0.25, -0.2) is 8.78 Å². The number of hydrogen-bond acceptors (Lipinski definition) is 3. The van der Waals surface area contributed by atoms with Crippen LogP contribution in [0, 0.1) is 11.6 Å². The third-order valence-corrected chi connectivity index (χ3v) is 3.02. The molecule has 1 atom stereocenters. The fourth-order valence-corrected chi connectivity index (χ4v) is 2.14. The van der Waals surface area contributed by atoms with E-state index in [2.05, 4.69) is 10.6 Å². The summed E-state index contributed by atoms with van der Waals surface area (Å²) in [7, 11) is 0. The van der Waals surface area contributed by atoms with Crippen LogP contribution in [0.4, 0.5) is 14.5 Å². The SMILES string of the molecule is CC1CN(CC(=O)Nc2cc(F)ccc2F)CCN1.Cl. The van der Waals surface area contributed by atoms with Gasteiger partial charge in [0.15, 0.2) is 0 Å². The second-order valence-corrected chi connectivity index (χ2v) is 4.76. The Labute approximate surface area is 122 Å². The Morgan fingerprint density at radius 3 is 2.95 bits per heavy atom. The topological polar surface area (TPSA) is 44.4 Å². The van der Waals surface area contributed by atoms with Gasteiger partial charge in [-0.2, -0.15) is 0 Å². The number of benzene rings is 1. The van der Waals surface area contributed by atoms with Gasteiger partial charge in [0.2, 0.25) is 5.91 Å². The molecule has 1 aromatic rings. The van der Waals surface area contributed by atoms with Crippen molar-refractivity contribution in [3.8, 4) is 0 Å². The van der Waals surface area contributed by atoms with E-state index in [0.29, 0.717) is 6.04 Å². The zero-order valence-corrected chi connectivity index (χ0v) is 12.0. The molecule has 2 N–H and O–H groups in total. The zero-order valence-electron chi connectivity index (χ0n) is 11.2. The van der Waals surface area contributed by atoms with Crippen LogP contribution >= 0.6 is 12.4 Å². The van der Waals surface area contributed by atoms with Crippen molar-refractivity contribution >= 4 is 24.0 Å². The first-order valence-corrected chi connectivity index (χ1v) is 6.25. The number of nitrogens with one attached hydrogen (secondary N) is 2. The minimum Gasteiger partial charge on any atom is -0.322 e. The van der Waals surface area contributed by atoms with E-state index < -0.39 is 11.6 Å². The molecular weight excluding hydrogens is 288 g/mol. The highest BCUT2D eigenvalue weighted by Crippen LogP contribution is 2.15. The summed E-state index contributed by atoms with van der Waals surface area (Å²) < 4.78 is 26.3. The third-order valence-electron chi connectivity index (χ3n) is 3.02. The van der Waals surface area contributed by atoms with Crippen LogP contribution in [0.5, 0.6) is 0 Å². The van der Waals surface area contributed by atoms with Crippen molar-refractivity contribution in [2.75, 3.05) is 31.5 Å². The highest BCUT2D eigenvalue weighted by atomic mass is 35.5. The summed E-state index contributed by atoms with van der Waals surface area (Å²) in [6, 6.07) is 3.32. The molecule has 1 aromatic carbocycles. The molecule has 0 bridgehead atoms. The van der Waals surface area contributed by atoms with Crippen molar-refractivity contribution in [3.05, 3.63) is 29.8 Å². The van der Waals surface area contributed by atoms with E-state index in [0.717, 1.165) is 37.8 Å². The van der Waals surface area contributed by atoms with Crippen LogP contribution in [0.25, 0.3) is 0 Å². The van der Waals surface area contributed by atoms with Gasteiger partial charge in [0, 0.05) is 31.7 Å². The first-order chi connectivity index (χ1) is 9.04. The molecule has 0 radical (unpaired) electrons. The Morgan fingerprint density at radius 2 is 2.25 bits per heavy atom. The Morgan fingerprint density at radius 1 is 1.50 bits per heavy atom. The number of amides is 1.